The summed E-state index contributed by atoms with van der Waals surface area (Å²) < 4.78 is 7.30. The second-order valence-electron chi connectivity index (χ2n) is 4.67. The molecular weight excluding hydrogens is 388 g/mol. The molecule has 20 heavy (non-hydrogen) atoms. The number of hydrogen-bond acceptors (Lipinski definition) is 5. The Kier molecular flexibility index (Phi) is 4.50. The maximum atomic E-state index is 5.37. The van der Waals surface area contributed by atoms with E-state index in [-0.39, 0.29) is 0 Å². The van der Waals surface area contributed by atoms with Crippen molar-refractivity contribution in [2.24, 2.45) is 0 Å². The zero-order valence-corrected chi connectivity index (χ0v) is 13.9. The Bertz CT molecular complexity index is 596. The Labute approximate surface area is 134 Å². The molecule has 0 spiro atoms. The van der Waals surface area contributed by atoms with E-state index in [4.69, 9.17) is 4.52 Å². The Morgan fingerprint density at radius 1 is 1.25 bits per heavy atom. The normalized spacial score (nSPS) is 16.5. The summed E-state index contributed by atoms with van der Waals surface area (Å²) in [5.74, 6) is 1.28. The Hall–Kier alpha value is -0.760. The molecule has 1 aliphatic rings. The van der Waals surface area contributed by atoms with E-state index in [1.54, 1.807) is 0 Å². The van der Waals surface area contributed by atoms with Crippen LogP contribution in [0.1, 0.15) is 5.82 Å². The van der Waals surface area contributed by atoms with Crippen molar-refractivity contribution in [3.05, 3.63) is 33.0 Å². The van der Waals surface area contributed by atoms with Crippen LogP contribution in [-0.2, 0) is 6.54 Å². The highest BCUT2D eigenvalue weighted by atomic mass is 79.9. The minimum Gasteiger partial charge on any atom is -0.334 e. The minimum atomic E-state index is 0.545. The molecule has 1 aromatic heterocycles. The topological polar surface area (TPSA) is 54.2 Å². The van der Waals surface area contributed by atoms with Crippen LogP contribution in [0.15, 0.2) is 31.7 Å². The first-order valence-corrected chi connectivity index (χ1v) is 8.02. The third-order valence-electron chi connectivity index (χ3n) is 3.20. The van der Waals surface area contributed by atoms with Crippen molar-refractivity contribution in [3.63, 3.8) is 0 Å². The van der Waals surface area contributed by atoms with Gasteiger partial charge in [-0.25, -0.2) is 0 Å². The van der Waals surface area contributed by atoms with Crippen LogP contribution in [0.4, 0.5) is 0 Å². The van der Waals surface area contributed by atoms with Gasteiger partial charge < -0.3 is 9.84 Å². The highest BCUT2D eigenvalue weighted by Gasteiger charge is 2.16. The van der Waals surface area contributed by atoms with Crippen molar-refractivity contribution in [2.75, 3.05) is 26.2 Å². The molecule has 0 atom stereocenters. The predicted octanol–water partition coefficient (Wildman–Crippen LogP) is 2.67. The van der Waals surface area contributed by atoms with Crippen molar-refractivity contribution in [2.45, 2.75) is 6.54 Å². The predicted molar refractivity (Wildman–Crippen MR) is 83.3 cm³/mol. The lowest BCUT2D eigenvalue weighted by Crippen LogP contribution is -2.43. The molecule has 7 heteroatoms. The maximum absolute atomic E-state index is 5.37. The molecule has 1 fully saturated rings. The monoisotopic (exact) mass is 400 g/mol. The molecule has 0 aliphatic carbocycles. The van der Waals surface area contributed by atoms with Gasteiger partial charge in [0.2, 0.25) is 0 Å². The fourth-order valence-electron chi connectivity index (χ4n) is 2.16. The fraction of sp³-hybridized carbons (Fsp3) is 0.385. The van der Waals surface area contributed by atoms with Gasteiger partial charge in [0, 0.05) is 35.1 Å². The number of piperazine rings is 1. The van der Waals surface area contributed by atoms with Gasteiger partial charge >= 0.3 is 0 Å². The second kappa shape index (κ2) is 6.34. The number of benzene rings is 1. The summed E-state index contributed by atoms with van der Waals surface area (Å²) in [4.78, 5) is 6.81. The van der Waals surface area contributed by atoms with Gasteiger partial charge in [-0.3, -0.25) is 4.90 Å². The fourth-order valence-corrected chi connectivity index (χ4v) is 2.94. The van der Waals surface area contributed by atoms with E-state index in [1.807, 2.05) is 18.2 Å². The summed E-state index contributed by atoms with van der Waals surface area (Å²) in [6.45, 7) is 4.80. The number of hydrogen-bond donors (Lipinski definition) is 1. The molecule has 2 aromatic rings. The summed E-state index contributed by atoms with van der Waals surface area (Å²) >= 11 is 6.96. The van der Waals surface area contributed by atoms with Gasteiger partial charge in [0.05, 0.1) is 12.1 Å². The molecule has 106 valence electrons. The standard InChI is InChI=1S/C13H14Br2N4O/c14-9-1-2-11(15)10(7-9)13-17-12(18-20-13)8-19-5-3-16-4-6-19/h1-2,7,16H,3-6,8H2. The zero-order valence-electron chi connectivity index (χ0n) is 10.8. The van der Waals surface area contributed by atoms with E-state index >= 15 is 0 Å². The lowest BCUT2D eigenvalue weighted by molar-refractivity contribution is 0.225. The summed E-state index contributed by atoms with van der Waals surface area (Å²) in [5.41, 5.74) is 0.901. The highest BCUT2D eigenvalue weighted by Crippen LogP contribution is 2.29. The number of aromatic nitrogens is 2. The van der Waals surface area contributed by atoms with Gasteiger partial charge in [0.25, 0.3) is 5.89 Å². The van der Waals surface area contributed by atoms with Crippen molar-refractivity contribution >= 4 is 31.9 Å². The van der Waals surface area contributed by atoms with E-state index in [1.165, 1.54) is 0 Å². The van der Waals surface area contributed by atoms with Crippen LogP contribution in [-0.4, -0.2) is 41.2 Å². The molecule has 0 radical (unpaired) electrons. The first-order chi connectivity index (χ1) is 9.72. The van der Waals surface area contributed by atoms with Gasteiger partial charge in [0.1, 0.15) is 0 Å². The molecule has 1 N–H and O–H groups in total. The molecule has 1 aliphatic heterocycles. The van der Waals surface area contributed by atoms with Crippen molar-refractivity contribution in [1.29, 1.82) is 0 Å². The Morgan fingerprint density at radius 3 is 2.85 bits per heavy atom. The first-order valence-electron chi connectivity index (χ1n) is 6.43. The van der Waals surface area contributed by atoms with Crippen LogP contribution in [0.25, 0.3) is 11.5 Å². The third-order valence-corrected chi connectivity index (χ3v) is 4.39. The van der Waals surface area contributed by atoms with E-state index in [0.29, 0.717) is 5.89 Å². The number of halogens is 2. The lowest BCUT2D eigenvalue weighted by atomic mass is 10.2. The molecule has 2 heterocycles. The smallest absolute Gasteiger partial charge is 0.259 e. The molecule has 0 amide bonds. The molecule has 0 saturated carbocycles. The minimum absolute atomic E-state index is 0.545. The second-order valence-corrected chi connectivity index (χ2v) is 6.44. The van der Waals surface area contributed by atoms with Crippen LogP contribution in [0, 0.1) is 0 Å². The first kappa shape index (κ1) is 14.2. The number of nitrogens with one attached hydrogen (secondary N) is 1. The summed E-state index contributed by atoms with van der Waals surface area (Å²) in [7, 11) is 0. The van der Waals surface area contributed by atoms with Gasteiger partial charge in [-0.1, -0.05) is 21.1 Å². The largest absolute Gasteiger partial charge is 0.334 e. The Morgan fingerprint density at radius 2 is 2.05 bits per heavy atom. The summed E-state index contributed by atoms with van der Waals surface area (Å²) in [5, 5.41) is 7.40. The average molecular weight is 402 g/mol. The van der Waals surface area contributed by atoms with Crippen LogP contribution in [0.5, 0.6) is 0 Å². The van der Waals surface area contributed by atoms with E-state index < -0.39 is 0 Å². The molecule has 1 aromatic carbocycles. The Balaban J connectivity index is 1.77. The van der Waals surface area contributed by atoms with E-state index in [0.717, 1.165) is 53.1 Å². The summed E-state index contributed by atoms with van der Waals surface area (Å²) in [6, 6.07) is 5.89. The molecule has 3 rings (SSSR count). The molecular formula is C13H14Br2N4O. The highest BCUT2D eigenvalue weighted by molar-refractivity contribution is 9.11. The van der Waals surface area contributed by atoms with Crippen LogP contribution >= 0.6 is 31.9 Å². The zero-order chi connectivity index (χ0) is 13.9. The van der Waals surface area contributed by atoms with Gasteiger partial charge in [-0.15, -0.1) is 0 Å². The van der Waals surface area contributed by atoms with Crippen LogP contribution in [0.3, 0.4) is 0 Å². The number of rotatable bonds is 3. The molecule has 1 saturated heterocycles. The quantitative estimate of drug-likeness (QED) is 0.856. The van der Waals surface area contributed by atoms with E-state index in [2.05, 4.69) is 52.2 Å². The summed E-state index contributed by atoms with van der Waals surface area (Å²) in [6.07, 6.45) is 0. The number of nitrogens with zero attached hydrogens (tertiary/aromatic N) is 3. The van der Waals surface area contributed by atoms with E-state index in [9.17, 15) is 0 Å². The molecule has 0 unspecified atom stereocenters. The molecule has 0 bridgehead atoms. The third kappa shape index (κ3) is 3.28. The van der Waals surface area contributed by atoms with Crippen molar-refractivity contribution in [3.8, 4) is 11.5 Å². The SMILES string of the molecule is Brc1ccc(Br)c(-c2nc(CN3CCNCC3)no2)c1. The van der Waals surface area contributed by atoms with Gasteiger partial charge in [-0.05, 0) is 34.1 Å². The van der Waals surface area contributed by atoms with Crippen LogP contribution < -0.4 is 5.32 Å². The van der Waals surface area contributed by atoms with Crippen molar-refractivity contribution in [1.82, 2.24) is 20.4 Å². The maximum Gasteiger partial charge on any atom is 0.259 e. The van der Waals surface area contributed by atoms with Crippen molar-refractivity contribution < 1.29 is 4.52 Å². The lowest BCUT2D eigenvalue weighted by Gasteiger charge is -2.25. The van der Waals surface area contributed by atoms with Gasteiger partial charge in [0.15, 0.2) is 5.82 Å². The van der Waals surface area contributed by atoms with Gasteiger partial charge in [-0.2, -0.15) is 4.98 Å². The van der Waals surface area contributed by atoms with Crippen LogP contribution in [0.2, 0.25) is 0 Å². The average Bonchev–Trinajstić information content (AvgIpc) is 2.91. The molecule has 5 nitrogen and oxygen atoms in total.